The summed E-state index contributed by atoms with van der Waals surface area (Å²) < 4.78 is 43.1. The van der Waals surface area contributed by atoms with Gasteiger partial charge in [0, 0.05) is 0 Å². The molecule has 0 fully saturated rings. The van der Waals surface area contributed by atoms with E-state index in [1.165, 1.54) is 6.26 Å². The van der Waals surface area contributed by atoms with Crippen LogP contribution in [-0.4, -0.2) is 28.1 Å². The molecular weight excluding hydrogens is 388 g/mol. The summed E-state index contributed by atoms with van der Waals surface area (Å²) >= 11 is 0. The molecule has 1 amide bonds. The van der Waals surface area contributed by atoms with E-state index in [1.54, 1.807) is 26.0 Å². The Bertz CT molecular complexity index is 981. The van der Waals surface area contributed by atoms with Crippen LogP contribution in [0.1, 0.15) is 30.1 Å². The number of halogens is 2. The van der Waals surface area contributed by atoms with Gasteiger partial charge in [0.15, 0.2) is 12.4 Å². The van der Waals surface area contributed by atoms with Crippen LogP contribution >= 0.6 is 0 Å². The number of nitrogens with one attached hydrogen (secondary N) is 1. The Balaban J connectivity index is 1.65. The Hall–Kier alpha value is -3.56. The molecule has 0 bridgehead atoms. The van der Waals surface area contributed by atoms with Gasteiger partial charge in [0.05, 0.1) is 6.26 Å². The van der Waals surface area contributed by atoms with Gasteiger partial charge in [-0.15, -0.1) is 10.2 Å². The van der Waals surface area contributed by atoms with Gasteiger partial charge in [0.25, 0.3) is 17.7 Å². The number of hydrogen-bond donors (Lipinski definition) is 1. The Kier molecular flexibility index (Phi) is 6.01. The molecule has 152 valence electrons. The van der Waals surface area contributed by atoms with Crippen LogP contribution in [0.15, 0.2) is 45.4 Å². The molecule has 1 atom stereocenters. The van der Waals surface area contributed by atoms with Gasteiger partial charge in [-0.25, -0.2) is 13.6 Å². The Morgan fingerprint density at radius 1 is 1.14 bits per heavy atom. The first-order valence-electron chi connectivity index (χ1n) is 8.64. The first-order valence-corrected chi connectivity index (χ1v) is 8.64. The highest BCUT2D eigenvalue weighted by Crippen LogP contribution is 2.18. The molecule has 0 radical (unpaired) electrons. The average molecular weight is 405 g/mol. The first kappa shape index (κ1) is 20.2. The van der Waals surface area contributed by atoms with E-state index in [0.717, 1.165) is 18.2 Å². The van der Waals surface area contributed by atoms with Crippen LogP contribution in [0.5, 0.6) is 0 Å². The van der Waals surface area contributed by atoms with Crippen molar-refractivity contribution < 1.29 is 31.9 Å². The number of aromatic nitrogens is 2. The zero-order chi connectivity index (χ0) is 21.0. The summed E-state index contributed by atoms with van der Waals surface area (Å²) in [4.78, 5) is 24.7. The molecule has 3 rings (SSSR count). The summed E-state index contributed by atoms with van der Waals surface area (Å²) in [5.41, 5.74) is -0.772. The molecule has 2 aromatic heterocycles. The molecule has 0 saturated heterocycles. The average Bonchev–Trinajstić information content (AvgIpc) is 3.35. The van der Waals surface area contributed by atoms with Gasteiger partial charge < -0.3 is 18.9 Å². The monoisotopic (exact) mass is 405 g/mol. The largest absolute Gasteiger partial charge is 0.459 e. The molecule has 2 heterocycles. The van der Waals surface area contributed by atoms with Crippen molar-refractivity contribution in [3.63, 3.8) is 0 Å². The normalized spacial score (nSPS) is 12.0. The summed E-state index contributed by atoms with van der Waals surface area (Å²) in [6.07, 6.45) is 1.44. The highest BCUT2D eigenvalue weighted by molar-refractivity contribution is 5.97. The van der Waals surface area contributed by atoms with Gasteiger partial charge in [-0.05, 0) is 30.2 Å². The van der Waals surface area contributed by atoms with Gasteiger partial charge in [-0.1, -0.05) is 19.9 Å². The maximum atomic E-state index is 13.8. The molecule has 0 saturated carbocycles. The fourth-order valence-corrected chi connectivity index (χ4v) is 2.46. The number of furan rings is 1. The van der Waals surface area contributed by atoms with Gasteiger partial charge in [-0.3, -0.25) is 4.79 Å². The van der Waals surface area contributed by atoms with Gasteiger partial charge in [0.2, 0.25) is 0 Å². The van der Waals surface area contributed by atoms with Crippen LogP contribution in [-0.2, 0) is 16.1 Å². The van der Waals surface area contributed by atoms with E-state index in [1.807, 2.05) is 0 Å². The second-order valence-corrected chi connectivity index (χ2v) is 6.38. The van der Waals surface area contributed by atoms with E-state index in [0.29, 0.717) is 5.76 Å². The van der Waals surface area contributed by atoms with E-state index >= 15 is 0 Å². The maximum absolute atomic E-state index is 13.8. The second kappa shape index (κ2) is 8.63. The van der Waals surface area contributed by atoms with Gasteiger partial charge >= 0.3 is 5.97 Å². The molecule has 1 aromatic carbocycles. The third-order valence-electron chi connectivity index (χ3n) is 3.93. The van der Waals surface area contributed by atoms with Crippen LogP contribution < -0.4 is 5.32 Å². The van der Waals surface area contributed by atoms with Crippen LogP contribution in [0.2, 0.25) is 0 Å². The first-order chi connectivity index (χ1) is 13.9. The Morgan fingerprint density at radius 2 is 1.86 bits per heavy atom. The number of rotatable bonds is 7. The summed E-state index contributed by atoms with van der Waals surface area (Å²) in [7, 11) is 0. The van der Waals surface area contributed by atoms with Crippen LogP contribution in [0.3, 0.4) is 0 Å². The van der Waals surface area contributed by atoms with Crippen molar-refractivity contribution in [3.8, 4) is 11.7 Å². The third kappa shape index (κ3) is 4.65. The summed E-state index contributed by atoms with van der Waals surface area (Å²) in [6.45, 7) is 2.94. The van der Waals surface area contributed by atoms with Crippen LogP contribution in [0, 0.1) is 17.6 Å². The smallest absolute Gasteiger partial charge is 0.329 e. The molecule has 29 heavy (non-hydrogen) atoms. The maximum Gasteiger partial charge on any atom is 0.329 e. The predicted octanol–water partition coefficient (Wildman–Crippen LogP) is 3.11. The minimum atomic E-state index is -1.14. The minimum Gasteiger partial charge on any atom is -0.459 e. The van der Waals surface area contributed by atoms with E-state index in [2.05, 4.69) is 15.5 Å². The SMILES string of the molecule is CC(C)[C@H](NC(=O)c1c(F)cccc1F)C(=O)OCc1nnc(-c2ccco2)o1. The lowest BCUT2D eigenvalue weighted by molar-refractivity contribution is -0.149. The third-order valence-corrected chi connectivity index (χ3v) is 3.93. The summed E-state index contributed by atoms with van der Waals surface area (Å²) in [5, 5.41) is 9.81. The van der Waals surface area contributed by atoms with Gasteiger partial charge in [-0.2, -0.15) is 0 Å². The molecule has 0 aliphatic heterocycles. The number of benzene rings is 1. The zero-order valence-electron chi connectivity index (χ0n) is 15.5. The van der Waals surface area contributed by atoms with Crippen molar-refractivity contribution in [2.45, 2.75) is 26.5 Å². The van der Waals surface area contributed by atoms with Gasteiger partial charge in [0.1, 0.15) is 23.2 Å². The number of amides is 1. The summed E-state index contributed by atoms with van der Waals surface area (Å²) in [6, 6.07) is 5.16. The predicted molar refractivity (Wildman–Crippen MR) is 94.2 cm³/mol. The molecule has 0 unspecified atom stereocenters. The molecule has 0 spiro atoms. The number of nitrogens with zero attached hydrogens (tertiary/aromatic N) is 2. The van der Waals surface area contributed by atoms with E-state index < -0.39 is 41.0 Å². The topological polar surface area (TPSA) is 107 Å². The van der Waals surface area contributed by atoms with Crippen molar-refractivity contribution in [3.05, 3.63) is 59.7 Å². The highest BCUT2D eigenvalue weighted by atomic mass is 19.1. The number of carbonyl (C=O) groups is 2. The van der Waals surface area contributed by atoms with Crippen LogP contribution in [0.25, 0.3) is 11.7 Å². The van der Waals surface area contributed by atoms with Crippen molar-refractivity contribution >= 4 is 11.9 Å². The van der Waals surface area contributed by atoms with Crippen molar-refractivity contribution in [1.82, 2.24) is 15.5 Å². The lowest BCUT2D eigenvalue weighted by Crippen LogP contribution is -2.45. The van der Waals surface area contributed by atoms with Crippen LogP contribution in [0.4, 0.5) is 8.78 Å². The number of hydrogen-bond acceptors (Lipinski definition) is 7. The number of ether oxygens (including phenoxy) is 1. The molecule has 1 N–H and O–H groups in total. The molecular formula is C19H17F2N3O5. The lowest BCUT2D eigenvalue weighted by Gasteiger charge is -2.20. The van der Waals surface area contributed by atoms with Crippen molar-refractivity contribution in [1.29, 1.82) is 0 Å². The fourth-order valence-electron chi connectivity index (χ4n) is 2.46. The fraction of sp³-hybridized carbons (Fsp3) is 0.263. The quantitative estimate of drug-likeness (QED) is 0.602. The highest BCUT2D eigenvalue weighted by Gasteiger charge is 2.29. The van der Waals surface area contributed by atoms with E-state index in [4.69, 9.17) is 13.6 Å². The number of carbonyl (C=O) groups excluding carboxylic acids is 2. The molecule has 0 aliphatic rings. The lowest BCUT2D eigenvalue weighted by atomic mass is 10.0. The van der Waals surface area contributed by atoms with E-state index in [9.17, 15) is 18.4 Å². The van der Waals surface area contributed by atoms with E-state index in [-0.39, 0.29) is 18.4 Å². The number of esters is 1. The summed E-state index contributed by atoms with van der Waals surface area (Å²) in [5.74, 6) is -3.87. The standard InChI is InChI=1S/C19H17F2N3O5/c1-10(2)16(22-17(25)15-11(20)5-3-6-12(15)21)19(26)28-9-14-23-24-18(29-14)13-7-4-8-27-13/h3-8,10,16H,9H2,1-2H3,(H,22,25)/t16-/m0/s1. The minimum absolute atomic E-state index is 0.0127. The molecule has 8 nitrogen and oxygen atoms in total. The zero-order valence-corrected chi connectivity index (χ0v) is 15.5. The molecule has 3 aromatic rings. The second-order valence-electron chi connectivity index (χ2n) is 6.38. The van der Waals surface area contributed by atoms with Crippen molar-refractivity contribution in [2.24, 2.45) is 5.92 Å². The molecule has 10 heteroatoms. The Labute approximate surface area is 163 Å². The van der Waals surface area contributed by atoms with Crippen molar-refractivity contribution in [2.75, 3.05) is 0 Å². The molecule has 0 aliphatic carbocycles. The Morgan fingerprint density at radius 3 is 2.48 bits per heavy atom.